The summed E-state index contributed by atoms with van der Waals surface area (Å²) in [6.07, 6.45) is 3.54. The van der Waals surface area contributed by atoms with Crippen LogP contribution in [0, 0.1) is 0 Å². The number of thiophene rings is 2. The van der Waals surface area contributed by atoms with E-state index in [0.29, 0.717) is 10.6 Å². The average Bonchev–Trinajstić information content (AvgIpc) is 3.33. The van der Waals surface area contributed by atoms with Crippen molar-refractivity contribution in [2.24, 2.45) is 0 Å². The van der Waals surface area contributed by atoms with Crippen molar-refractivity contribution >= 4 is 40.3 Å². The Labute approximate surface area is 152 Å². The third-order valence-corrected chi connectivity index (χ3v) is 6.06. The fourth-order valence-corrected chi connectivity index (χ4v) is 4.49. The number of aromatic nitrogens is 1. The zero-order valence-electron chi connectivity index (χ0n) is 12.9. The number of hydrogen-bond acceptors (Lipinski definition) is 6. The van der Waals surface area contributed by atoms with Gasteiger partial charge in [-0.2, -0.15) is 11.3 Å². The number of pyridine rings is 1. The minimum atomic E-state index is -1.23. The van der Waals surface area contributed by atoms with Crippen LogP contribution in [-0.4, -0.2) is 28.8 Å². The zero-order valence-corrected chi connectivity index (χ0v) is 15.4. The number of hydrogen-bond donors (Lipinski definition) is 2. The number of thioether (sulfide) groups is 1. The van der Waals surface area contributed by atoms with Gasteiger partial charge in [0, 0.05) is 16.6 Å². The molecule has 7 heteroatoms. The van der Waals surface area contributed by atoms with Crippen LogP contribution in [0.15, 0.2) is 57.7 Å². The number of nitrogens with one attached hydrogen (secondary N) is 1. The van der Waals surface area contributed by atoms with E-state index in [1.165, 1.54) is 34.4 Å². The van der Waals surface area contributed by atoms with Crippen molar-refractivity contribution < 1.29 is 9.90 Å². The molecule has 124 valence electrons. The van der Waals surface area contributed by atoms with E-state index in [-0.39, 0.29) is 12.5 Å². The van der Waals surface area contributed by atoms with Gasteiger partial charge in [-0.25, -0.2) is 4.98 Å². The molecule has 1 amide bonds. The second-order valence-corrected chi connectivity index (χ2v) is 7.62. The third-order valence-electron chi connectivity index (χ3n) is 3.64. The number of carbonyl (C=O) groups excluding carboxylic acids is 1. The fourth-order valence-electron chi connectivity index (χ4n) is 2.37. The van der Waals surface area contributed by atoms with Crippen LogP contribution in [0.25, 0.3) is 0 Å². The average molecular weight is 377 g/mol. The molecule has 3 aromatic heterocycles. The van der Waals surface area contributed by atoms with E-state index in [4.69, 9.17) is 0 Å². The van der Waals surface area contributed by atoms with Crippen LogP contribution in [0.3, 0.4) is 0 Å². The zero-order chi connectivity index (χ0) is 17.0. The quantitative estimate of drug-likeness (QED) is 0.646. The van der Waals surface area contributed by atoms with Gasteiger partial charge in [0.1, 0.15) is 10.6 Å². The summed E-state index contributed by atoms with van der Waals surface area (Å²) in [6.45, 7) is 0.103. The number of carbonyl (C=O) groups is 1. The standard InChI is InChI=1S/C17H16N2O2S3/c1-22-16-13(4-2-7-18-16)15(20)19-11-17(21,12-6-9-23-10-12)14-5-3-8-24-14/h2-10,21H,11H2,1H3,(H,19,20). The molecule has 1 unspecified atom stereocenters. The Hall–Kier alpha value is -1.67. The largest absolute Gasteiger partial charge is 0.378 e. The van der Waals surface area contributed by atoms with E-state index >= 15 is 0 Å². The first kappa shape index (κ1) is 17.2. The van der Waals surface area contributed by atoms with E-state index in [1.54, 1.807) is 18.3 Å². The maximum atomic E-state index is 12.5. The molecule has 1 atom stereocenters. The number of nitrogens with zero attached hydrogens (tertiary/aromatic N) is 1. The summed E-state index contributed by atoms with van der Waals surface area (Å²) >= 11 is 4.41. The molecule has 4 nitrogen and oxygen atoms in total. The fraction of sp³-hybridized carbons (Fsp3) is 0.176. The second kappa shape index (κ2) is 7.48. The van der Waals surface area contributed by atoms with Gasteiger partial charge in [-0.15, -0.1) is 23.1 Å². The van der Waals surface area contributed by atoms with Gasteiger partial charge in [-0.3, -0.25) is 4.79 Å². The summed E-state index contributed by atoms with van der Waals surface area (Å²) in [5.41, 5.74) is 0.0707. The minimum absolute atomic E-state index is 0.103. The summed E-state index contributed by atoms with van der Waals surface area (Å²) in [4.78, 5) is 17.5. The molecule has 3 rings (SSSR count). The van der Waals surface area contributed by atoms with Crippen molar-refractivity contribution in [3.63, 3.8) is 0 Å². The molecule has 0 saturated heterocycles. The first-order valence-corrected chi connectivity index (χ1v) is 10.3. The molecule has 3 heterocycles. The normalized spacial score (nSPS) is 13.4. The Balaban J connectivity index is 1.83. The summed E-state index contributed by atoms with van der Waals surface area (Å²) in [5.74, 6) is -0.238. The molecule has 0 saturated carbocycles. The van der Waals surface area contributed by atoms with Gasteiger partial charge in [0.05, 0.1) is 12.1 Å². The van der Waals surface area contributed by atoms with Crippen LogP contribution < -0.4 is 5.32 Å². The van der Waals surface area contributed by atoms with Crippen LogP contribution >= 0.6 is 34.4 Å². The lowest BCUT2D eigenvalue weighted by Gasteiger charge is -2.27. The van der Waals surface area contributed by atoms with E-state index in [2.05, 4.69) is 10.3 Å². The highest BCUT2D eigenvalue weighted by Crippen LogP contribution is 2.33. The molecular weight excluding hydrogens is 360 g/mol. The summed E-state index contributed by atoms with van der Waals surface area (Å²) in [5, 5.41) is 20.5. The molecular formula is C17H16N2O2S3. The molecule has 0 spiro atoms. The molecule has 24 heavy (non-hydrogen) atoms. The first-order chi connectivity index (χ1) is 11.6. The predicted molar refractivity (Wildman–Crippen MR) is 100.0 cm³/mol. The summed E-state index contributed by atoms with van der Waals surface area (Å²) < 4.78 is 0. The van der Waals surface area contributed by atoms with E-state index in [9.17, 15) is 9.90 Å². The smallest absolute Gasteiger partial charge is 0.254 e. The Kier molecular flexibility index (Phi) is 5.35. The van der Waals surface area contributed by atoms with Crippen molar-refractivity contribution in [2.45, 2.75) is 10.6 Å². The second-order valence-electron chi connectivity index (χ2n) is 5.09. The molecule has 0 aromatic carbocycles. The van der Waals surface area contributed by atoms with Gasteiger partial charge in [-0.05, 0) is 46.7 Å². The Morgan fingerprint density at radius 3 is 2.88 bits per heavy atom. The van der Waals surface area contributed by atoms with Gasteiger partial charge < -0.3 is 10.4 Å². The van der Waals surface area contributed by atoms with Crippen LogP contribution in [0.2, 0.25) is 0 Å². The van der Waals surface area contributed by atoms with Crippen molar-refractivity contribution in [3.05, 3.63) is 68.7 Å². The van der Waals surface area contributed by atoms with Gasteiger partial charge >= 0.3 is 0 Å². The lowest BCUT2D eigenvalue weighted by Crippen LogP contribution is -2.41. The van der Waals surface area contributed by atoms with E-state index in [0.717, 1.165) is 10.4 Å². The number of amides is 1. The SMILES string of the molecule is CSc1ncccc1C(=O)NCC(O)(c1ccsc1)c1cccs1. The highest BCUT2D eigenvalue weighted by molar-refractivity contribution is 7.98. The molecule has 0 aliphatic carbocycles. The molecule has 0 aliphatic rings. The lowest BCUT2D eigenvalue weighted by molar-refractivity contribution is 0.0719. The maximum Gasteiger partial charge on any atom is 0.254 e. The van der Waals surface area contributed by atoms with Crippen molar-refractivity contribution in [1.29, 1.82) is 0 Å². The number of rotatable bonds is 6. The highest BCUT2D eigenvalue weighted by Gasteiger charge is 2.33. The summed E-state index contributed by atoms with van der Waals surface area (Å²) in [6, 6.07) is 9.13. The van der Waals surface area contributed by atoms with Gasteiger partial charge in [-0.1, -0.05) is 6.07 Å². The van der Waals surface area contributed by atoms with Crippen molar-refractivity contribution in [2.75, 3.05) is 12.8 Å². The monoisotopic (exact) mass is 376 g/mol. The van der Waals surface area contributed by atoms with Crippen LogP contribution in [-0.2, 0) is 5.60 Å². The molecule has 0 radical (unpaired) electrons. The molecule has 0 bridgehead atoms. The van der Waals surface area contributed by atoms with Gasteiger partial charge in [0.25, 0.3) is 5.91 Å². The Morgan fingerprint density at radius 2 is 2.21 bits per heavy atom. The minimum Gasteiger partial charge on any atom is -0.378 e. The van der Waals surface area contributed by atoms with Gasteiger partial charge in [0.2, 0.25) is 0 Å². The van der Waals surface area contributed by atoms with E-state index in [1.807, 2.05) is 40.6 Å². The highest BCUT2D eigenvalue weighted by atomic mass is 32.2. The van der Waals surface area contributed by atoms with Crippen LogP contribution in [0.4, 0.5) is 0 Å². The van der Waals surface area contributed by atoms with Crippen LogP contribution in [0.5, 0.6) is 0 Å². The Morgan fingerprint density at radius 1 is 1.33 bits per heavy atom. The maximum absolute atomic E-state index is 12.5. The van der Waals surface area contributed by atoms with Crippen molar-refractivity contribution in [3.8, 4) is 0 Å². The molecule has 2 N–H and O–H groups in total. The molecule has 0 fully saturated rings. The molecule has 3 aromatic rings. The first-order valence-electron chi connectivity index (χ1n) is 7.21. The summed E-state index contributed by atoms with van der Waals surface area (Å²) in [7, 11) is 0. The number of aliphatic hydroxyl groups is 1. The van der Waals surface area contributed by atoms with Gasteiger partial charge in [0.15, 0.2) is 0 Å². The predicted octanol–water partition coefficient (Wildman–Crippen LogP) is 3.59. The van der Waals surface area contributed by atoms with Crippen LogP contribution in [0.1, 0.15) is 20.8 Å². The molecule has 0 aliphatic heterocycles. The topological polar surface area (TPSA) is 62.2 Å². The Bertz CT molecular complexity index is 767. The van der Waals surface area contributed by atoms with E-state index < -0.39 is 5.60 Å². The lowest BCUT2D eigenvalue weighted by atomic mass is 9.94. The third kappa shape index (κ3) is 3.39. The van der Waals surface area contributed by atoms with Crippen molar-refractivity contribution in [1.82, 2.24) is 10.3 Å².